The minimum Gasteiger partial charge on any atom is -0.507 e. The van der Waals surface area contributed by atoms with E-state index in [-0.39, 0.29) is 33.2 Å². The number of aromatic nitrogens is 1. The highest BCUT2D eigenvalue weighted by molar-refractivity contribution is 7.14. The summed E-state index contributed by atoms with van der Waals surface area (Å²) in [4.78, 5) is 51.9. The summed E-state index contributed by atoms with van der Waals surface area (Å²) in [5.41, 5.74) is -0.498. The van der Waals surface area contributed by atoms with Crippen LogP contribution in [0.4, 0.5) is 16.5 Å². The average Bonchev–Trinajstić information content (AvgIpc) is 3.40. The molecular formula is C20H12N4O7S. The zero-order valence-corrected chi connectivity index (χ0v) is 16.8. The third-order valence-corrected chi connectivity index (χ3v) is 5.59. The van der Waals surface area contributed by atoms with E-state index in [0.717, 1.165) is 28.4 Å². The van der Waals surface area contributed by atoms with Gasteiger partial charge in [0.15, 0.2) is 5.13 Å². The van der Waals surface area contributed by atoms with Gasteiger partial charge in [-0.15, -0.1) is 11.3 Å². The molecule has 1 aromatic heterocycles. The molecule has 160 valence electrons. The number of anilines is 1. The maximum absolute atomic E-state index is 12.9. The van der Waals surface area contributed by atoms with Gasteiger partial charge < -0.3 is 5.11 Å². The maximum Gasteiger partial charge on any atom is 0.301 e. The van der Waals surface area contributed by atoms with E-state index in [1.165, 1.54) is 42.6 Å². The highest BCUT2D eigenvalue weighted by atomic mass is 32.1. The second kappa shape index (κ2) is 8.00. The van der Waals surface area contributed by atoms with Crippen molar-refractivity contribution in [1.82, 2.24) is 4.98 Å². The largest absolute Gasteiger partial charge is 0.507 e. The van der Waals surface area contributed by atoms with Crippen molar-refractivity contribution in [1.29, 1.82) is 0 Å². The molecular weight excluding hydrogens is 440 g/mol. The van der Waals surface area contributed by atoms with E-state index in [9.17, 15) is 34.9 Å². The van der Waals surface area contributed by atoms with Gasteiger partial charge in [0.05, 0.1) is 21.5 Å². The number of non-ortho nitro benzene ring substituents is 2. The van der Waals surface area contributed by atoms with Crippen LogP contribution in [0, 0.1) is 20.2 Å². The number of aliphatic hydroxyl groups is 1. The predicted octanol–water partition coefficient (Wildman–Crippen LogP) is 3.59. The van der Waals surface area contributed by atoms with Crippen LogP contribution in [0.15, 0.2) is 65.7 Å². The maximum atomic E-state index is 12.9. The van der Waals surface area contributed by atoms with Crippen LogP contribution in [0.5, 0.6) is 0 Å². The number of thiazole rings is 1. The van der Waals surface area contributed by atoms with E-state index in [0.29, 0.717) is 0 Å². The van der Waals surface area contributed by atoms with Gasteiger partial charge in [-0.3, -0.25) is 34.7 Å². The van der Waals surface area contributed by atoms with Crippen molar-refractivity contribution in [2.24, 2.45) is 0 Å². The molecule has 3 aromatic rings. The Morgan fingerprint density at radius 2 is 1.72 bits per heavy atom. The van der Waals surface area contributed by atoms with Crippen molar-refractivity contribution in [2.75, 3.05) is 4.90 Å². The summed E-state index contributed by atoms with van der Waals surface area (Å²) in [6, 6.07) is 8.97. The monoisotopic (exact) mass is 452 g/mol. The summed E-state index contributed by atoms with van der Waals surface area (Å²) in [5.74, 6) is -2.53. The third-order valence-electron chi connectivity index (χ3n) is 4.82. The molecule has 12 heteroatoms. The first kappa shape index (κ1) is 20.8. The van der Waals surface area contributed by atoms with Crippen LogP contribution in [-0.2, 0) is 9.59 Å². The molecule has 0 saturated carbocycles. The van der Waals surface area contributed by atoms with E-state index in [1.807, 2.05) is 0 Å². The van der Waals surface area contributed by atoms with Crippen LogP contribution in [0.1, 0.15) is 17.2 Å². The number of benzene rings is 2. The van der Waals surface area contributed by atoms with E-state index in [1.54, 1.807) is 5.38 Å². The lowest BCUT2D eigenvalue weighted by molar-refractivity contribution is -0.385. The minimum atomic E-state index is -1.18. The lowest BCUT2D eigenvalue weighted by Gasteiger charge is -2.22. The summed E-state index contributed by atoms with van der Waals surface area (Å²) in [6.45, 7) is 0. The van der Waals surface area contributed by atoms with Gasteiger partial charge in [0.25, 0.3) is 17.2 Å². The van der Waals surface area contributed by atoms with Gasteiger partial charge in [-0.05, 0) is 17.7 Å². The van der Waals surface area contributed by atoms with Crippen molar-refractivity contribution in [3.8, 4) is 0 Å². The number of ketones is 1. The van der Waals surface area contributed by atoms with Crippen LogP contribution in [-0.4, -0.2) is 31.6 Å². The lowest BCUT2D eigenvalue weighted by atomic mass is 9.95. The molecule has 1 atom stereocenters. The lowest BCUT2D eigenvalue weighted by Crippen LogP contribution is -2.29. The van der Waals surface area contributed by atoms with Crippen LogP contribution in [0.3, 0.4) is 0 Å². The molecule has 0 bridgehead atoms. The van der Waals surface area contributed by atoms with Gasteiger partial charge in [-0.2, -0.15) is 0 Å². The molecule has 2 aromatic carbocycles. The normalized spacial score (nSPS) is 17.5. The summed E-state index contributed by atoms with van der Waals surface area (Å²) >= 11 is 1.08. The molecule has 11 nitrogen and oxygen atoms in total. The molecule has 1 N–H and O–H groups in total. The fourth-order valence-electron chi connectivity index (χ4n) is 3.39. The number of hydrogen-bond acceptors (Lipinski definition) is 9. The molecule has 2 heterocycles. The van der Waals surface area contributed by atoms with Gasteiger partial charge in [-0.1, -0.05) is 12.1 Å². The van der Waals surface area contributed by atoms with Crippen LogP contribution in [0.2, 0.25) is 0 Å². The fourth-order valence-corrected chi connectivity index (χ4v) is 4.05. The van der Waals surface area contributed by atoms with Crippen molar-refractivity contribution < 1.29 is 24.5 Å². The minimum absolute atomic E-state index is 0.0724. The zero-order valence-electron chi connectivity index (χ0n) is 15.9. The van der Waals surface area contributed by atoms with E-state index in [2.05, 4.69) is 4.98 Å². The summed E-state index contributed by atoms with van der Waals surface area (Å²) < 4.78 is 0. The van der Waals surface area contributed by atoms with Gasteiger partial charge >= 0.3 is 5.91 Å². The number of aliphatic hydroxyl groups excluding tert-OH is 1. The Kier molecular flexibility index (Phi) is 5.20. The molecule has 1 saturated heterocycles. The highest BCUT2D eigenvalue weighted by Crippen LogP contribution is 2.43. The van der Waals surface area contributed by atoms with Gasteiger partial charge in [-0.25, -0.2) is 4.98 Å². The van der Waals surface area contributed by atoms with E-state index in [4.69, 9.17) is 0 Å². The van der Waals surface area contributed by atoms with E-state index >= 15 is 0 Å². The number of amides is 1. The topological polar surface area (TPSA) is 157 Å². The molecule has 1 aliphatic heterocycles. The Balaban J connectivity index is 1.92. The molecule has 0 radical (unpaired) electrons. The first-order valence-electron chi connectivity index (χ1n) is 8.99. The fraction of sp³-hybridized carbons (Fsp3) is 0.0500. The third kappa shape index (κ3) is 3.48. The quantitative estimate of drug-likeness (QED) is 0.202. The average molecular weight is 452 g/mol. The van der Waals surface area contributed by atoms with Gasteiger partial charge in [0.1, 0.15) is 5.76 Å². The van der Waals surface area contributed by atoms with Crippen molar-refractivity contribution in [3.05, 3.63) is 97.0 Å². The number of nitro groups is 2. The number of nitrogens with zero attached hydrogens (tertiary/aromatic N) is 4. The summed E-state index contributed by atoms with van der Waals surface area (Å²) in [7, 11) is 0. The number of hydrogen-bond donors (Lipinski definition) is 1. The first-order chi connectivity index (χ1) is 15.3. The second-order valence-electron chi connectivity index (χ2n) is 6.64. The first-order valence-corrected chi connectivity index (χ1v) is 9.87. The van der Waals surface area contributed by atoms with Crippen LogP contribution >= 0.6 is 11.3 Å². The Hall–Kier alpha value is -4.45. The molecule has 1 aliphatic rings. The van der Waals surface area contributed by atoms with Crippen molar-refractivity contribution in [2.45, 2.75) is 6.04 Å². The number of carbonyl (C=O) groups is 2. The Morgan fingerprint density at radius 3 is 2.31 bits per heavy atom. The molecule has 1 fully saturated rings. The van der Waals surface area contributed by atoms with Crippen LogP contribution < -0.4 is 4.90 Å². The number of nitro benzene ring substituents is 2. The van der Waals surface area contributed by atoms with Crippen molar-refractivity contribution in [3.63, 3.8) is 0 Å². The molecule has 0 aliphatic carbocycles. The van der Waals surface area contributed by atoms with E-state index < -0.39 is 33.3 Å². The Bertz CT molecular complexity index is 1290. The molecule has 0 spiro atoms. The zero-order chi connectivity index (χ0) is 23.0. The summed E-state index contributed by atoms with van der Waals surface area (Å²) in [5, 5.41) is 34.8. The Morgan fingerprint density at radius 1 is 1.03 bits per heavy atom. The number of rotatable bonds is 5. The Labute approximate surface area is 183 Å². The van der Waals surface area contributed by atoms with Gasteiger partial charge in [0.2, 0.25) is 0 Å². The molecule has 32 heavy (non-hydrogen) atoms. The van der Waals surface area contributed by atoms with Crippen molar-refractivity contribution >= 4 is 45.3 Å². The molecule has 1 amide bonds. The highest BCUT2D eigenvalue weighted by Gasteiger charge is 2.48. The molecule has 4 rings (SSSR count). The standard InChI is InChI=1S/C20H12N4O7S/c25-17(11-4-6-13(7-5-11)23(28)29)15-16(12-2-1-3-14(10-12)24(30)31)22(19(27)18(15)26)20-21-8-9-32-20/h1-10,16,25H/b17-15+/t16-/m1/s1. The number of carbonyl (C=O) groups excluding carboxylic acids is 2. The second-order valence-corrected chi connectivity index (χ2v) is 7.51. The summed E-state index contributed by atoms with van der Waals surface area (Å²) in [6.07, 6.45) is 1.43. The SMILES string of the molecule is O=C1C(=O)N(c2nccs2)[C@H](c2cccc([N+](=O)[O-])c2)/C1=C(\O)c1ccc([N+](=O)[O-])cc1. The molecule has 0 unspecified atom stereocenters. The van der Waals surface area contributed by atoms with Gasteiger partial charge in [0, 0.05) is 41.4 Å². The van der Waals surface area contributed by atoms with Crippen LogP contribution in [0.25, 0.3) is 5.76 Å². The smallest absolute Gasteiger partial charge is 0.301 e. The predicted molar refractivity (Wildman–Crippen MR) is 113 cm³/mol. The number of Topliss-reactive ketones (excluding diaryl/α,β-unsaturated/α-hetero) is 1.